The van der Waals surface area contributed by atoms with Crippen LogP contribution >= 0.6 is 0 Å². The first kappa shape index (κ1) is 25.2. The molecule has 2 fully saturated rings. The number of rotatable bonds is 7. The molecular formula is C27H32N8O4. The van der Waals surface area contributed by atoms with E-state index in [1.165, 1.54) is 16.0 Å². The quantitative estimate of drug-likeness (QED) is 0.483. The molecule has 3 aliphatic rings. The minimum atomic E-state index is -1.02. The van der Waals surface area contributed by atoms with Gasteiger partial charge in [-0.1, -0.05) is 12.1 Å². The molecule has 2 aromatic heterocycles. The van der Waals surface area contributed by atoms with Crippen molar-refractivity contribution >= 4 is 17.6 Å². The van der Waals surface area contributed by atoms with Crippen LogP contribution in [0.4, 0.5) is 10.6 Å². The number of fused-ring (bicyclic) bond motifs is 2. The van der Waals surface area contributed by atoms with E-state index in [4.69, 9.17) is 24.5 Å². The largest absolute Gasteiger partial charge is 0.493 e. The maximum Gasteiger partial charge on any atom is 0.407 e. The zero-order valence-electron chi connectivity index (χ0n) is 22.0. The number of amides is 1. The number of hydrogen-bond donors (Lipinski definition) is 1. The van der Waals surface area contributed by atoms with Gasteiger partial charge >= 0.3 is 12.1 Å². The molecule has 0 unspecified atom stereocenters. The number of benzene rings is 1. The third kappa shape index (κ3) is 4.90. The zero-order chi connectivity index (χ0) is 26.9. The maximum atomic E-state index is 11.8. The Balaban J connectivity index is 1.35. The molecule has 2 atom stereocenters. The Hall–Kier alpha value is -4.11. The maximum absolute atomic E-state index is 11.8. The lowest BCUT2D eigenvalue weighted by Gasteiger charge is -2.39. The van der Waals surface area contributed by atoms with Gasteiger partial charge in [-0.2, -0.15) is 10.2 Å². The van der Waals surface area contributed by atoms with Gasteiger partial charge in [0, 0.05) is 44.1 Å². The van der Waals surface area contributed by atoms with Crippen molar-refractivity contribution in [2.45, 2.75) is 44.2 Å². The summed E-state index contributed by atoms with van der Waals surface area (Å²) in [5.74, 6) is 1.52. The second-order valence-electron chi connectivity index (χ2n) is 10.4. The number of nitrogens with zero attached hydrogens (tertiary/aromatic N) is 8. The van der Waals surface area contributed by atoms with Gasteiger partial charge in [-0.05, 0) is 38.1 Å². The fourth-order valence-corrected chi connectivity index (χ4v) is 5.88. The number of likely N-dealkylation sites (tertiary alicyclic amines) is 1. The summed E-state index contributed by atoms with van der Waals surface area (Å²) in [7, 11) is 2.10. The van der Waals surface area contributed by atoms with E-state index >= 15 is 0 Å². The van der Waals surface area contributed by atoms with E-state index < -0.39 is 12.1 Å². The first-order valence-electron chi connectivity index (χ1n) is 13.4. The zero-order valence-corrected chi connectivity index (χ0v) is 22.0. The van der Waals surface area contributed by atoms with Crippen LogP contribution in [0.5, 0.6) is 11.8 Å². The number of carboxylic acid groups (broad SMARTS) is 1. The molecule has 0 aliphatic carbocycles. The van der Waals surface area contributed by atoms with Crippen LogP contribution in [-0.4, -0.2) is 99.1 Å². The molecule has 1 aromatic carbocycles. The number of piperazine rings is 1. The summed E-state index contributed by atoms with van der Waals surface area (Å²) in [6, 6.07) is 8.35. The van der Waals surface area contributed by atoms with Crippen LogP contribution in [-0.2, 0) is 12.8 Å². The van der Waals surface area contributed by atoms with Crippen LogP contribution < -0.4 is 14.4 Å². The number of anilines is 1. The molecule has 2 saturated heterocycles. The smallest absolute Gasteiger partial charge is 0.407 e. The van der Waals surface area contributed by atoms with Gasteiger partial charge in [0.15, 0.2) is 11.5 Å². The highest BCUT2D eigenvalue weighted by molar-refractivity contribution is 5.68. The monoisotopic (exact) mass is 532 g/mol. The molecular weight excluding hydrogens is 500 g/mol. The molecule has 12 heteroatoms. The summed E-state index contributed by atoms with van der Waals surface area (Å²) in [6.07, 6.45) is 4.60. The molecule has 3 aliphatic heterocycles. The highest BCUT2D eigenvalue weighted by atomic mass is 16.5. The molecule has 1 N–H and O–H groups in total. The Morgan fingerprint density at radius 2 is 2.18 bits per heavy atom. The first-order valence-corrected chi connectivity index (χ1v) is 13.4. The van der Waals surface area contributed by atoms with Gasteiger partial charge in [0.05, 0.1) is 37.0 Å². The molecule has 6 rings (SSSR count). The lowest BCUT2D eigenvalue weighted by Crippen LogP contribution is -2.55. The SMILES string of the molecule is CN1CCC[C@H]1COc1nc(N2CCN(C(=O)O)[C@@H](CC#N)C2)c2ncc(Cc3cccc4c3CCO4)n2n1. The van der Waals surface area contributed by atoms with Gasteiger partial charge in [0.2, 0.25) is 0 Å². The van der Waals surface area contributed by atoms with Gasteiger partial charge in [-0.25, -0.2) is 14.3 Å². The Labute approximate surface area is 226 Å². The van der Waals surface area contributed by atoms with E-state index in [1.807, 2.05) is 23.2 Å². The summed E-state index contributed by atoms with van der Waals surface area (Å²) in [5, 5.41) is 23.7. The van der Waals surface area contributed by atoms with Crippen LogP contribution in [0.25, 0.3) is 5.65 Å². The number of nitriles is 1. The molecule has 39 heavy (non-hydrogen) atoms. The van der Waals surface area contributed by atoms with Crippen LogP contribution in [0.2, 0.25) is 0 Å². The van der Waals surface area contributed by atoms with Gasteiger partial charge in [-0.15, -0.1) is 5.10 Å². The van der Waals surface area contributed by atoms with E-state index in [1.54, 1.807) is 4.52 Å². The minimum absolute atomic E-state index is 0.0996. The highest BCUT2D eigenvalue weighted by Gasteiger charge is 2.33. The lowest BCUT2D eigenvalue weighted by molar-refractivity contribution is 0.119. The summed E-state index contributed by atoms with van der Waals surface area (Å²) in [5.41, 5.74) is 3.87. The molecule has 1 amide bonds. The molecule has 3 aromatic rings. The Morgan fingerprint density at radius 3 is 2.97 bits per heavy atom. The average Bonchev–Trinajstić information content (AvgIpc) is 3.68. The summed E-state index contributed by atoms with van der Waals surface area (Å²) in [6.45, 7) is 3.25. The molecule has 204 valence electrons. The average molecular weight is 533 g/mol. The number of hydrogen-bond acceptors (Lipinski definition) is 9. The third-order valence-corrected chi connectivity index (χ3v) is 8.04. The molecule has 12 nitrogen and oxygen atoms in total. The van der Waals surface area contributed by atoms with Crippen molar-refractivity contribution in [1.29, 1.82) is 5.26 Å². The number of likely N-dealkylation sites (N-methyl/N-ethyl adjacent to an activating group) is 1. The van der Waals surface area contributed by atoms with Crippen molar-refractivity contribution in [3.63, 3.8) is 0 Å². The van der Waals surface area contributed by atoms with E-state index in [9.17, 15) is 15.2 Å². The summed E-state index contributed by atoms with van der Waals surface area (Å²) < 4.78 is 13.7. The Kier molecular flexibility index (Phi) is 6.83. The van der Waals surface area contributed by atoms with Crippen LogP contribution in [0.1, 0.15) is 36.1 Å². The summed E-state index contributed by atoms with van der Waals surface area (Å²) in [4.78, 5) is 26.9. The number of imidazole rings is 1. The molecule has 0 bridgehead atoms. The van der Waals surface area contributed by atoms with Crippen molar-refractivity contribution in [2.24, 2.45) is 0 Å². The second-order valence-corrected chi connectivity index (χ2v) is 10.4. The fourth-order valence-electron chi connectivity index (χ4n) is 5.88. The number of carbonyl (C=O) groups is 1. The van der Waals surface area contributed by atoms with Gasteiger partial charge in [-0.3, -0.25) is 0 Å². The molecule has 0 spiro atoms. The first-order chi connectivity index (χ1) is 19.0. The normalized spacial score (nSPS) is 21.1. The van der Waals surface area contributed by atoms with E-state index in [0.29, 0.717) is 50.2 Å². The van der Waals surface area contributed by atoms with Crippen molar-refractivity contribution in [2.75, 3.05) is 51.3 Å². The fraction of sp³-hybridized carbons (Fsp3) is 0.519. The van der Waals surface area contributed by atoms with Crippen LogP contribution in [0, 0.1) is 11.3 Å². The van der Waals surface area contributed by atoms with E-state index in [0.717, 1.165) is 37.3 Å². The van der Waals surface area contributed by atoms with Gasteiger partial charge < -0.3 is 29.3 Å². The number of ether oxygens (including phenoxy) is 2. The van der Waals surface area contributed by atoms with Crippen molar-refractivity contribution < 1.29 is 19.4 Å². The standard InChI is InChI=1S/C27H32N8O4/c1-32-10-3-5-20(32)17-39-26-30-25(33-11-12-34(27(36)37)19(16-33)7-9-28)24-29-15-21(35(24)31-26)14-18-4-2-6-23-22(18)8-13-38-23/h2,4,6,15,19-20H,3,5,7-8,10-14,16-17H2,1H3,(H,36,37)/t19-,20-/m0/s1. The Bertz CT molecular complexity index is 1420. The van der Waals surface area contributed by atoms with Crippen LogP contribution in [0.3, 0.4) is 0 Å². The summed E-state index contributed by atoms with van der Waals surface area (Å²) >= 11 is 0. The predicted molar refractivity (Wildman–Crippen MR) is 141 cm³/mol. The lowest BCUT2D eigenvalue weighted by atomic mass is 10.0. The molecule has 0 saturated carbocycles. The predicted octanol–water partition coefficient (Wildman–Crippen LogP) is 2.21. The third-order valence-electron chi connectivity index (χ3n) is 8.04. The Morgan fingerprint density at radius 1 is 1.28 bits per heavy atom. The topological polar surface area (TPSA) is 132 Å². The van der Waals surface area contributed by atoms with Crippen molar-refractivity contribution in [1.82, 2.24) is 29.4 Å². The second kappa shape index (κ2) is 10.6. The van der Waals surface area contributed by atoms with Gasteiger partial charge in [0.1, 0.15) is 12.4 Å². The molecule has 5 heterocycles. The van der Waals surface area contributed by atoms with Crippen molar-refractivity contribution in [3.8, 4) is 17.8 Å². The number of aromatic nitrogens is 4. The van der Waals surface area contributed by atoms with Crippen molar-refractivity contribution in [3.05, 3.63) is 41.2 Å². The molecule has 0 radical (unpaired) electrons. The van der Waals surface area contributed by atoms with Crippen LogP contribution in [0.15, 0.2) is 24.4 Å². The van der Waals surface area contributed by atoms with E-state index in [-0.39, 0.29) is 19.0 Å². The van der Waals surface area contributed by atoms with E-state index in [2.05, 4.69) is 24.1 Å². The minimum Gasteiger partial charge on any atom is -0.493 e. The highest BCUT2D eigenvalue weighted by Crippen LogP contribution is 2.31. The van der Waals surface area contributed by atoms with Gasteiger partial charge in [0.25, 0.3) is 0 Å².